The number of carbonyl (C=O) groups excluding carboxylic acids is 1. The van der Waals surface area contributed by atoms with Crippen molar-refractivity contribution in [1.29, 1.82) is 0 Å². The third kappa shape index (κ3) is 3.22. The summed E-state index contributed by atoms with van der Waals surface area (Å²) < 4.78 is 6.93. The molecule has 0 aliphatic rings. The maximum absolute atomic E-state index is 12.4. The van der Waals surface area contributed by atoms with Gasteiger partial charge in [0.15, 0.2) is 0 Å². The summed E-state index contributed by atoms with van der Waals surface area (Å²) in [5.41, 5.74) is 1.89. The Balaban J connectivity index is 2.32. The van der Waals surface area contributed by atoms with Gasteiger partial charge in [0.05, 0.1) is 24.2 Å². The van der Waals surface area contributed by atoms with Crippen LogP contribution in [0.2, 0.25) is 0 Å². The van der Waals surface area contributed by atoms with Crippen LogP contribution in [-0.2, 0) is 11.3 Å². The number of nitrogens with one attached hydrogen (secondary N) is 1. The monoisotopic (exact) mass is 305 g/mol. The smallest absolute Gasteiger partial charge is 0.326 e. The summed E-state index contributed by atoms with van der Waals surface area (Å²) in [5, 5.41) is 0. The van der Waals surface area contributed by atoms with E-state index in [4.69, 9.17) is 4.74 Å². The fourth-order valence-electron chi connectivity index (χ4n) is 2.51. The van der Waals surface area contributed by atoms with Crippen molar-refractivity contribution in [2.75, 3.05) is 26.3 Å². The van der Waals surface area contributed by atoms with Gasteiger partial charge >= 0.3 is 5.69 Å². The molecule has 6 nitrogen and oxygen atoms in total. The first kappa shape index (κ1) is 16.3. The number of hydrogen-bond acceptors (Lipinski definition) is 3. The number of amides is 1. The summed E-state index contributed by atoms with van der Waals surface area (Å²) in [6.45, 7) is 8.76. The van der Waals surface area contributed by atoms with Crippen molar-refractivity contribution in [3.63, 3.8) is 0 Å². The predicted octanol–water partition coefficient (Wildman–Crippen LogP) is 1.85. The lowest BCUT2D eigenvalue weighted by atomic mass is 10.1. The van der Waals surface area contributed by atoms with E-state index >= 15 is 0 Å². The zero-order valence-electron chi connectivity index (χ0n) is 13.4. The molecule has 0 aliphatic heterocycles. The van der Waals surface area contributed by atoms with E-state index in [2.05, 4.69) is 4.98 Å². The van der Waals surface area contributed by atoms with Crippen LogP contribution in [-0.4, -0.2) is 46.7 Å². The highest BCUT2D eigenvalue weighted by molar-refractivity contribution is 5.97. The van der Waals surface area contributed by atoms with Gasteiger partial charge in [-0.2, -0.15) is 0 Å². The molecule has 2 rings (SSSR count). The van der Waals surface area contributed by atoms with Crippen LogP contribution in [0.3, 0.4) is 0 Å². The first-order valence-electron chi connectivity index (χ1n) is 7.71. The average molecular weight is 305 g/mol. The van der Waals surface area contributed by atoms with Crippen LogP contribution in [0.5, 0.6) is 0 Å². The summed E-state index contributed by atoms with van der Waals surface area (Å²) in [7, 11) is 0. The lowest BCUT2D eigenvalue weighted by Crippen LogP contribution is -2.30. The highest BCUT2D eigenvalue weighted by Gasteiger charge is 2.14. The minimum atomic E-state index is -0.179. The van der Waals surface area contributed by atoms with Gasteiger partial charge in [-0.3, -0.25) is 9.36 Å². The van der Waals surface area contributed by atoms with E-state index in [9.17, 15) is 9.59 Å². The second-order valence-corrected chi connectivity index (χ2v) is 4.99. The zero-order chi connectivity index (χ0) is 16.1. The molecule has 1 aromatic heterocycles. The van der Waals surface area contributed by atoms with Crippen LogP contribution in [0.25, 0.3) is 11.0 Å². The first-order chi connectivity index (χ1) is 10.6. The van der Waals surface area contributed by atoms with E-state index in [1.54, 1.807) is 21.6 Å². The zero-order valence-corrected chi connectivity index (χ0v) is 13.4. The number of ether oxygens (including phenoxy) is 1. The number of rotatable bonds is 7. The van der Waals surface area contributed by atoms with Crippen molar-refractivity contribution in [1.82, 2.24) is 14.5 Å². The third-order valence-corrected chi connectivity index (χ3v) is 3.74. The Bertz CT molecular complexity index is 698. The summed E-state index contributed by atoms with van der Waals surface area (Å²) in [5.74, 6) is -0.0187. The van der Waals surface area contributed by atoms with Gasteiger partial charge in [0, 0.05) is 25.3 Å². The first-order valence-corrected chi connectivity index (χ1v) is 7.71. The standard InChI is InChI=1S/C16H23N3O3/c1-4-18(5-2)15(20)12-7-8-14-13(11-12)17-16(21)19(14)9-10-22-6-3/h7-8,11H,4-6,9-10H2,1-3H3,(H,17,21). The topological polar surface area (TPSA) is 67.3 Å². The molecule has 0 bridgehead atoms. The molecule has 0 saturated heterocycles. The number of hydrogen-bond donors (Lipinski definition) is 1. The maximum Gasteiger partial charge on any atom is 0.326 e. The number of aromatic amines is 1. The molecule has 0 aliphatic carbocycles. The Morgan fingerprint density at radius 2 is 2.00 bits per heavy atom. The van der Waals surface area contributed by atoms with Gasteiger partial charge in [0.2, 0.25) is 0 Å². The number of carbonyl (C=O) groups is 1. The molecule has 1 heterocycles. The van der Waals surface area contributed by atoms with Crippen LogP contribution in [0, 0.1) is 0 Å². The minimum absolute atomic E-state index is 0.0187. The second kappa shape index (κ2) is 7.26. The van der Waals surface area contributed by atoms with Crippen molar-refractivity contribution in [2.24, 2.45) is 0 Å². The fourth-order valence-corrected chi connectivity index (χ4v) is 2.51. The van der Waals surface area contributed by atoms with E-state index in [-0.39, 0.29) is 11.6 Å². The van der Waals surface area contributed by atoms with Gasteiger partial charge < -0.3 is 14.6 Å². The summed E-state index contributed by atoms with van der Waals surface area (Å²) >= 11 is 0. The number of H-pyrrole nitrogens is 1. The van der Waals surface area contributed by atoms with Crippen molar-refractivity contribution in [3.8, 4) is 0 Å². The normalized spacial score (nSPS) is 11.0. The Hall–Kier alpha value is -2.08. The van der Waals surface area contributed by atoms with Crippen molar-refractivity contribution in [3.05, 3.63) is 34.2 Å². The molecular weight excluding hydrogens is 282 g/mol. The molecule has 0 radical (unpaired) electrons. The molecule has 0 atom stereocenters. The number of aromatic nitrogens is 2. The van der Waals surface area contributed by atoms with Gasteiger partial charge in [0.1, 0.15) is 0 Å². The molecule has 120 valence electrons. The highest BCUT2D eigenvalue weighted by atomic mass is 16.5. The Morgan fingerprint density at radius 1 is 1.27 bits per heavy atom. The lowest BCUT2D eigenvalue weighted by molar-refractivity contribution is 0.0773. The third-order valence-electron chi connectivity index (χ3n) is 3.74. The van der Waals surface area contributed by atoms with E-state index in [1.165, 1.54) is 0 Å². The molecule has 22 heavy (non-hydrogen) atoms. The Labute approximate surface area is 129 Å². The van der Waals surface area contributed by atoms with Gasteiger partial charge in [-0.1, -0.05) is 0 Å². The van der Waals surface area contributed by atoms with Crippen molar-refractivity contribution < 1.29 is 9.53 Å². The predicted molar refractivity (Wildman–Crippen MR) is 86.3 cm³/mol. The highest BCUT2D eigenvalue weighted by Crippen LogP contribution is 2.14. The van der Waals surface area contributed by atoms with Crippen LogP contribution in [0.4, 0.5) is 0 Å². The van der Waals surface area contributed by atoms with Gasteiger partial charge in [-0.05, 0) is 39.0 Å². The van der Waals surface area contributed by atoms with E-state index in [0.29, 0.717) is 43.9 Å². The van der Waals surface area contributed by atoms with Crippen LogP contribution in [0.1, 0.15) is 31.1 Å². The fraction of sp³-hybridized carbons (Fsp3) is 0.500. The summed E-state index contributed by atoms with van der Waals surface area (Å²) in [6, 6.07) is 5.33. The summed E-state index contributed by atoms with van der Waals surface area (Å²) in [6.07, 6.45) is 0. The molecular formula is C16H23N3O3. The SMILES string of the molecule is CCOCCn1c(=O)[nH]c2cc(C(=O)N(CC)CC)ccc21. The van der Waals surface area contributed by atoms with Crippen molar-refractivity contribution >= 4 is 16.9 Å². The average Bonchev–Trinajstić information content (AvgIpc) is 2.83. The molecule has 0 spiro atoms. The lowest BCUT2D eigenvalue weighted by Gasteiger charge is -2.18. The largest absolute Gasteiger partial charge is 0.380 e. The molecule has 0 saturated carbocycles. The van der Waals surface area contributed by atoms with E-state index in [1.807, 2.05) is 26.8 Å². The minimum Gasteiger partial charge on any atom is -0.380 e. The molecule has 1 N–H and O–H groups in total. The molecule has 0 fully saturated rings. The Morgan fingerprint density at radius 3 is 2.64 bits per heavy atom. The molecule has 0 unspecified atom stereocenters. The van der Waals surface area contributed by atoms with Crippen LogP contribution in [0.15, 0.2) is 23.0 Å². The number of imidazole rings is 1. The summed E-state index contributed by atoms with van der Waals surface area (Å²) in [4.78, 5) is 28.9. The van der Waals surface area contributed by atoms with Crippen LogP contribution >= 0.6 is 0 Å². The van der Waals surface area contributed by atoms with Gasteiger partial charge in [-0.25, -0.2) is 4.79 Å². The number of fused-ring (bicyclic) bond motifs is 1. The quantitative estimate of drug-likeness (QED) is 0.794. The molecule has 1 aromatic carbocycles. The van der Waals surface area contributed by atoms with Crippen molar-refractivity contribution in [2.45, 2.75) is 27.3 Å². The van der Waals surface area contributed by atoms with Crippen LogP contribution < -0.4 is 5.69 Å². The van der Waals surface area contributed by atoms with Gasteiger partial charge in [0.25, 0.3) is 5.91 Å². The molecule has 6 heteroatoms. The van der Waals surface area contributed by atoms with Gasteiger partial charge in [-0.15, -0.1) is 0 Å². The maximum atomic E-state index is 12.4. The second-order valence-electron chi connectivity index (χ2n) is 4.99. The number of benzene rings is 1. The van der Waals surface area contributed by atoms with E-state index < -0.39 is 0 Å². The number of nitrogens with zero attached hydrogens (tertiary/aromatic N) is 2. The molecule has 1 amide bonds. The Kier molecular flexibility index (Phi) is 5.38. The van der Waals surface area contributed by atoms with E-state index in [0.717, 1.165) is 5.52 Å². The molecule has 2 aromatic rings.